The third-order valence-corrected chi connectivity index (χ3v) is 4.30. The maximum absolute atomic E-state index is 13.1. The number of carbonyl (C=O) groups excluding carboxylic acids is 2. The lowest BCUT2D eigenvalue weighted by Crippen LogP contribution is -2.39. The highest BCUT2D eigenvalue weighted by atomic mass is 19.1. The Morgan fingerprint density at radius 1 is 1.00 bits per heavy atom. The smallest absolute Gasteiger partial charge is 0.320 e. The number of hydrogen-bond acceptors (Lipinski definition) is 3. The molecule has 6 nitrogen and oxygen atoms in total. The highest BCUT2D eigenvalue weighted by molar-refractivity contribution is 5.94. The molecule has 0 radical (unpaired) electrons. The second kappa shape index (κ2) is 8.88. The molecule has 0 bridgehead atoms. The van der Waals surface area contributed by atoms with E-state index in [4.69, 9.17) is 10.5 Å². The number of carbonyl (C=O) groups is 2. The van der Waals surface area contributed by atoms with Crippen LogP contribution in [-0.4, -0.2) is 19.0 Å². The van der Waals surface area contributed by atoms with Gasteiger partial charge in [-0.15, -0.1) is 0 Å². The van der Waals surface area contributed by atoms with Crippen molar-refractivity contribution in [1.82, 2.24) is 5.32 Å². The van der Waals surface area contributed by atoms with Crippen molar-refractivity contribution in [2.75, 3.05) is 12.4 Å². The Balaban J connectivity index is 1.76. The van der Waals surface area contributed by atoms with Crippen LogP contribution in [0.2, 0.25) is 0 Å². The van der Waals surface area contributed by atoms with E-state index in [9.17, 15) is 14.0 Å². The Bertz CT molecular complexity index is 1020. The molecule has 0 spiro atoms. The number of halogens is 1. The van der Waals surface area contributed by atoms with Gasteiger partial charge >= 0.3 is 6.03 Å². The van der Waals surface area contributed by atoms with Crippen molar-refractivity contribution in [2.45, 2.75) is 6.04 Å². The molecule has 3 rings (SSSR count). The van der Waals surface area contributed by atoms with E-state index in [0.717, 1.165) is 11.1 Å². The number of anilines is 1. The van der Waals surface area contributed by atoms with Crippen LogP contribution in [-0.2, 0) is 4.79 Å². The van der Waals surface area contributed by atoms with Gasteiger partial charge in [-0.05, 0) is 41.5 Å². The molecule has 148 valence electrons. The summed E-state index contributed by atoms with van der Waals surface area (Å²) in [4.78, 5) is 24.2. The largest absolute Gasteiger partial charge is 0.496 e. The molecule has 1 unspecified atom stereocenters. The summed E-state index contributed by atoms with van der Waals surface area (Å²) in [6.45, 7) is 0. The molecule has 1 atom stereocenters. The van der Waals surface area contributed by atoms with Gasteiger partial charge in [0, 0.05) is 11.3 Å². The van der Waals surface area contributed by atoms with Crippen LogP contribution in [0, 0.1) is 5.82 Å². The number of para-hydroxylation sites is 1. The number of amides is 3. The van der Waals surface area contributed by atoms with E-state index in [1.54, 1.807) is 25.3 Å². The minimum Gasteiger partial charge on any atom is -0.496 e. The van der Waals surface area contributed by atoms with Crippen molar-refractivity contribution in [3.05, 3.63) is 84.2 Å². The van der Waals surface area contributed by atoms with E-state index >= 15 is 0 Å². The van der Waals surface area contributed by atoms with Crippen LogP contribution in [0.3, 0.4) is 0 Å². The summed E-state index contributed by atoms with van der Waals surface area (Å²) in [5.74, 6) is -0.497. The normalized spacial score (nSPS) is 11.4. The average Bonchev–Trinajstić information content (AvgIpc) is 2.73. The molecule has 0 aromatic heterocycles. The zero-order valence-electron chi connectivity index (χ0n) is 15.7. The number of urea groups is 1. The van der Waals surface area contributed by atoms with E-state index in [1.807, 2.05) is 30.3 Å². The van der Waals surface area contributed by atoms with Gasteiger partial charge in [-0.2, -0.15) is 0 Å². The molecular weight excluding hydrogens is 373 g/mol. The van der Waals surface area contributed by atoms with Gasteiger partial charge in [0.2, 0.25) is 5.91 Å². The zero-order valence-corrected chi connectivity index (χ0v) is 15.7. The first-order valence-corrected chi connectivity index (χ1v) is 8.83. The molecule has 0 aliphatic rings. The molecule has 29 heavy (non-hydrogen) atoms. The maximum atomic E-state index is 13.1. The predicted octanol–water partition coefficient (Wildman–Crippen LogP) is 3.85. The maximum Gasteiger partial charge on any atom is 0.320 e. The SMILES string of the molecule is COc1ccccc1-c1cccc(NC(=O)NC(C(N)=O)c2ccc(F)cc2)c1. The van der Waals surface area contributed by atoms with Crippen LogP contribution >= 0.6 is 0 Å². The third kappa shape index (κ3) is 4.90. The number of primary amides is 1. The Morgan fingerprint density at radius 2 is 1.72 bits per heavy atom. The molecule has 0 aliphatic carbocycles. The van der Waals surface area contributed by atoms with Crippen LogP contribution in [0.25, 0.3) is 11.1 Å². The topological polar surface area (TPSA) is 93.4 Å². The lowest BCUT2D eigenvalue weighted by atomic mass is 10.0. The van der Waals surface area contributed by atoms with E-state index in [2.05, 4.69) is 10.6 Å². The fourth-order valence-electron chi connectivity index (χ4n) is 2.92. The lowest BCUT2D eigenvalue weighted by molar-refractivity contribution is -0.119. The quantitative estimate of drug-likeness (QED) is 0.594. The summed E-state index contributed by atoms with van der Waals surface area (Å²) in [5.41, 5.74) is 8.03. The van der Waals surface area contributed by atoms with E-state index < -0.39 is 23.8 Å². The first-order chi connectivity index (χ1) is 14.0. The van der Waals surface area contributed by atoms with Crippen LogP contribution in [0.15, 0.2) is 72.8 Å². The zero-order chi connectivity index (χ0) is 20.8. The number of methoxy groups -OCH3 is 1. The van der Waals surface area contributed by atoms with Gasteiger partial charge in [0.05, 0.1) is 7.11 Å². The molecule has 0 aliphatic heterocycles. The highest BCUT2D eigenvalue weighted by Gasteiger charge is 2.20. The second-order valence-electron chi connectivity index (χ2n) is 6.27. The van der Waals surface area contributed by atoms with E-state index in [-0.39, 0.29) is 0 Å². The van der Waals surface area contributed by atoms with Gasteiger partial charge < -0.3 is 21.1 Å². The van der Waals surface area contributed by atoms with Gasteiger partial charge in [-0.3, -0.25) is 4.79 Å². The van der Waals surface area contributed by atoms with Gasteiger partial charge in [0.1, 0.15) is 17.6 Å². The number of benzene rings is 3. The molecule has 0 fully saturated rings. The van der Waals surface area contributed by atoms with E-state index in [0.29, 0.717) is 17.0 Å². The monoisotopic (exact) mass is 393 g/mol. The molecule has 0 saturated carbocycles. The second-order valence-corrected chi connectivity index (χ2v) is 6.27. The molecule has 0 saturated heterocycles. The van der Waals surface area contributed by atoms with Crippen molar-refractivity contribution in [3.63, 3.8) is 0 Å². The standard InChI is InChI=1S/C22H20FN3O3/c1-29-19-8-3-2-7-18(19)15-5-4-6-17(13-15)25-22(28)26-20(21(24)27)14-9-11-16(23)12-10-14/h2-13,20H,1H3,(H2,24,27)(H2,25,26,28). The van der Waals surface area contributed by atoms with Gasteiger partial charge in [-0.25, -0.2) is 9.18 Å². The summed E-state index contributed by atoms with van der Waals surface area (Å²) < 4.78 is 18.5. The average molecular weight is 393 g/mol. The summed E-state index contributed by atoms with van der Waals surface area (Å²) in [6.07, 6.45) is 0. The van der Waals surface area contributed by atoms with Crippen molar-refractivity contribution in [3.8, 4) is 16.9 Å². The number of nitrogens with two attached hydrogens (primary N) is 1. The summed E-state index contributed by atoms with van der Waals surface area (Å²) in [7, 11) is 1.59. The highest BCUT2D eigenvalue weighted by Crippen LogP contribution is 2.31. The summed E-state index contributed by atoms with van der Waals surface area (Å²) in [6, 6.07) is 18.2. The van der Waals surface area contributed by atoms with Crippen molar-refractivity contribution in [1.29, 1.82) is 0 Å². The number of nitrogens with one attached hydrogen (secondary N) is 2. The van der Waals surface area contributed by atoms with Crippen molar-refractivity contribution < 1.29 is 18.7 Å². The number of rotatable bonds is 6. The van der Waals surface area contributed by atoms with E-state index in [1.165, 1.54) is 24.3 Å². The molecule has 3 amide bonds. The van der Waals surface area contributed by atoms with Crippen LogP contribution in [0.5, 0.6) is 5.75 Å². The predicted molar refractivity (Wildman–Crippen MR) is 109 cm³/mol. The molecular formula is C22H20FN3O3. The van der Waals surface area contributed by atoms with Crippen molar-refractivity contribution in [2.24, 2.45) is 5.73 Å². The molecule has 3 aromatic rings. The Labute approximate surface area is 167 Å². The minimum atomic E-state index is -1.09. The first kappa shape index (κ1) is 19.9. The van der Waals surface area contributed by atoms with Gasteiger partial charge in [0.25, 0.3) is 0 Å². The van der Waals surface area contributed by atoms with Gasteiger partial charge in [-0.1, -0.05) is 42.5 Å². The Morgan fingerprint density at radius 3 is 2.41 bits per heavy atom. The molecule has 4 N–H and O–H groups in total. The van der Waals surface area contributed by atoms with Crippen LogP contribution in [0.4, 0.5) is 14.9 Å². The summed E-state index contributed by atoms with van der Waals surface area (Å²) >= 11 is 0. The minimum absolute atomic E-state index is 0.386. The van der Waals surface area contributed by atoms with Gasteiger partial charge in [0.15, 0.2) is 0 Å². The molecule has 0 heterocycles. The van der Waals surface area contributed by atoms with Crippen LogP contribution < -0.4 is 21.1 Å². The van der Waals surface area contributed by atoms with Crippen molar-refractivity contribution >= 4 is 17.6 Å². The van der Waals surface area contributed by atoms with Crippen LogP contribution in [0.1, 0.15) is 11.6 Å². The number of ether oxygens (including phenoxy) is 1. The molecule has 3 aromatic carbocycles. The number of hydrogen-bond donors (Lipinski definition) is 3. The fraction of sp³-hybridized carbons (Fsp3) is 0.0909. The lowest BCUT2D eigenvalue weighted by Gasteiger charge is -2.17. The first-order valence-electron chi connectivity index (χ1n) is 8.83. The fourth-order valence-corrected chi connectivity index (χ4v) is 2.92. The Kier molecular flexibility index (Phi) is 6.09. The third-order valence-electron chi connectivity index (χ3n) is 4.30. The Hall–Kier alpha value is -3.87. The summed E-state index contributed by atoms with van der Waals surface area (Å²) in [5, 5.41) is 5.19. The molecule has 7 heteroatoms.